The van der Waals surface area contributed by atoms with Gasteiger partial charge in [0, 0.05) is 24.2 Å². The lowest BCUT2D eigenvalue weighted by Crippen LogP contribution is -2.36. The van der Waals surface area contributed by atoms with Crippen molar-refractivity contribution in [1.82, 2.24) is 15.0 Å². The summed E-state index contributed by atoms with van der Waals surface area (Å²) in [4.78, 5) is 26.4. The number of hydrogen-bond acceptors (Lipinski definition) is 10. The van der Waals surface area contributed by atoms with Gasteiger partial charge in [-0.15, -0.1) is 0 Å². The molecule has 1 aliphatic carbocycles. The Balaban J connectivity index is 1.49. The number of cyclic esters (lactones) is 1. The molecule has 0 radical (unpaired) electrons. The van der Waals surface area contributed by atoms with E-state index in [-0.39, 0.29) is 29.3 Å². The number of carbonyl (C=O) groups excluding carboxylic acids is 1. The van der Waals surface area contributed by atoms with Gasteiger partial charge in [0.15, 0.2) is 0 Å². The Morgan fingerprint density at radius 3 is 2.64 bits per heavy atom. The van der Waals surface area contributed by atoms with Gasteiger partial charge >= 0.3 is 5.97 Å². The van der Waals surface area contributed by atoms with E-state index in [1.54, 1.807) is 24.5 Å². The average Bonchev–Trinajstić information content (AvgIpc) is 3.68. The summed E-state index contributed by atoms with van der Waals surface area (Å²) in [5, 5.41) is 4.80. The fourth-order valence-corrected chi connectivity index (χ4v) is 5.82. The highest BCUT2D eigenvalue weighted by Gasteiger charge is 2.56. The van der Waals surface area contributed by atoms with Crippen molar-refractivity contribution in [3.63, 3.8) is 0 Å². The third-order valence-corrected chi connectivity index (χ3v) is 8.96. The summed E-state index contributed by atoms with van der Waals surface area (Å²) in [6.07, 6.45) is 6.94. The minimum atomic E-state index is -3.10. The van der Waals surface area contributed by atoms with E-state index in [2.05, 4.69) is 15.3 Å². The summed E-state index contributed by atoms with van der Waals surface area (Å²) in [6, 6.07) is 5.40. The van der Waals surface area contributed by atoms with Crippen LogP contribution in [0.4, 0.5) is 11.6 Å². The molecule has 0 bridgehead atoms. The molecule has 11 heteroatoms. The SMILES string of the molecule is CCC(C)(N)c1cnc(O[C@H](C)CCS(C)(=O)=O)c2cnc(Nc3ccc4c(n3)C3(CC3)[C@H](C)OC4=O)cc12. The van der Waals surface area contributed by atoms with Crippen molar-refractivity contribution in [2.24, 2.45) is 5.73 Å². The van der Waals surface area contributed by atoms with E-state index in [1.807, 2.05) is 33.8 Å². The fraction of sp³-hybridized carbons (Fsp3) is 0.500. The molecular formula is C28H35N5O5S. The zero-order chi connectivity index (χ0) is 28.2. The normalized spacial score (nSPS) is 20.2. The largest absolute Gasteiger partial charge is 0.474 e. The quantitative estimate of drug-likeness (QED) is 0.371. The van der Waals surface area contributed by atoms with Gasteiger partial charge in [0.25, 0.3) is 0 Å². The molecule has 3 aromatic heterocycles. The molecule has 4 heterocycles. The van der Waals surface area contributed by atoms with Crippen molar-refractivity contribution in [2.45, 2.75) is 76.5 Å². The van der Waals surface area contributed by atoms with Crippen LogP contribution in [0.3, 0.4) is 0 Å². The van der Waals surface area contributed by atoms with Crippen molar-refractivity contribution in [1.29, 1.82) is 0 Å². The highest BCUT2D eigenvalue weighted by molar-refractivity contribution is 7.90. The second-order valence-corrected chi connectivity index (χ2v) is 13.4. The third-order valence-electron chi connectivity index (χ3n) is 7.99. The van der Waals surface area contributed by atoms with Gasteiger partial charge in [-0.2, -0.15) is 0 Å². The topological polar surface area (TPSA) is 146 Å². The number of esters is 1. The number of sulfone groups is 1. The number of nitrogens with zero attached hydrogens (tertiary/aromatic N) is 3. The first-order chi connectivity index (χ1) is 18.3. The van der Waals surface area contributed by atoms with Crippen molar-refractivity contribution < 1.29 is 22.7 Å². The molecule has 3 aromatic rings. The van der Waals surface area contributed by atoms with Crippen LogP contribution < -0.4 is 15.8 Å². The summed E-state index contributed by atoms with van der Waals surface area (Å²) in [6.45, 7) is 7.71. The van der Waals surface area contributed by atoms with Gasteiger partial charge < -0.3 is 20.5 Å². The van der Waals surface area contributed by atoms with E-state index >= 15 is 0 Å². The minimum Gasteiger partial charge on any atom is -0.474 e. The fourth-order valence-electron chi connectivity index (χ4n) is 5.06. The van der Waals surface area contributed by atoms with Crippen LogP contribution in [0.2, 0.25) is 0 Å². The molecule has 39 heavy (non-hydrogen) atoms. The maximum Gasteiger partial charge on any atom is 0.340 e. The molecule has 1 fully saturated rings. The molecule has 0 aromatic carbocycles. The number of nitrogens with one attached hydrogen (secondary N) is 1. The first kappa shape index (κ1) is 27.3. The second kappa shape index (κ2) is 9.71. The van der Waals surface area contributed by atoms with E-state index in [4.69, 9.17) is 20.2 Å². The number of nitrogens with two attached hydrogens (primary N) is 1. The van der Waals surface area contributed by atoms with Gasteiger partial charge in [-0.25, -0.2) is 28.2 Å². The number of hydrogen-bond donors (Lipinski definition) is 2. The van der Waals surface area contributed by atoms with E-state index in [0.29, 0.717) is 41.3 Å². The van der Waals surface area contributed by atoms with Gasteiger partial charge in [0.05, 0.1) is 33.9 Å². The number of pyridine rings is 3. The molecule has 0 amide bonds. The number of fused-ring (bicyclic) bond motifs is 3. The van der Waals surface area contributed by atoms with Gasteiger partial charge in [0.2, 0.25) is 5.88 Å². The molecule has 5 rings (SSSR count). The Hall–Kier alpha value is -3.31. The molecule has 1 aliphatic heterocycles. The van der Waals surface area contributed by atoms with E-state index in [1.165, 1.54) is 6.26 Å². The Morgan fingerprint density at radius 2 is 1.97 bits per heavy atom. The molecule has 1 spiro atoms. The van der Waals surface area contributed by atoms with Crippen LogP contribution in [0.5, 0.6) is 5.88 Å². The number of carbonyl (C=O) groups is 1. The molecule has 1 unspecified atom stereocenters. The van der Waals surface area contributed by atoms with Gasteiger partial charge in [-0.05, 0) is 75.6 Å². The van der Waals surface area contributed by atoms with Gasteiger partial charge in [0.1, 0.15) is 27.6 Å². The molecule has 208 valence electrons. The third kappa shape index (κ3) is 5.29. The lowest BCUT2D eigenvalue weighted by atomic mass is 9.88. The average molecular weight is 554 g/mol. The predicted molar refractivity (Wildman–Crippen MR) is 149 cm³/mol. The van der Waals surface area contributed by atoms with Crippen LogP contribution in [0.25, 0.3) is 10.8 Å². The van der Waals surface area contributed by atoms with E-state index < -0.39 is 15.4 Å². The first-order valence-corrected chi connectivity index (χ1v) is 15.3. The summed E-state index contributed by atoms with van der Waals surface area (Å²) in [7, 11) is -3.10. The monoisotopic (exact) mass is 553 g/mol. The second-order valence-electron chi connectivity index (χ2n) is 11.1. The van der Waals surface area contributed by atoms with Crippen molar-refractivity contribution >= 4 is 38.2 Å². The standard InChI is InChI=1S/C28H35N5O5S/c1-6-27(4,29)21-15-31-25(37-16(2)9-12-39(5,35)36)20-14-30-23(13-19(20)21)32-22-8-7-18-24(33-22)28(10-11-28)17(3)38-26(18)34/h7-8,13-17H,6,9-12,29H2,1-5H3,(H,30,32,33)/t16-,17+,27?/m1/s1. The lowest BCUT2D eigenvalue weighted by Gasteiger charge is -2.30. The Bertz CT molecular complexity index is 1550. The highest BCUT2D eigenvalue weighted by atomic mass is 32.2. The zero-order valence-corrected chi connectivity index (χ0v) is 23.8. The van der Waals surface area contributed by atoms with Crippen molar-refractivity contribution in [3.05, 3.63) is 47.4 Å². The van der Waals surface area contributed by atoms with E-state index in [9.17, 15) is 13.2 Å². The maximum atomic E-state index is 12.4. The van der Waals surface area contributed by atoms with Crippen LogP contribution >= 0.6 is 0 Å². The van der Waals surface area contributed by atoms with Crippen LogP contribution in [-0.4, -0.2) is 53.6 Å². The molecule has 1 saturated carbocycles. The summed E-state index contributed by atoms with van der Waals surface area (Å²) in [5.74, 6) is 1.20. The minimum absolute atomic E-state index is 0.0266. The van der Waals surface area contributed by atoms with Crippen molar-refractivity contribution in [3.8, 4) is 5.88 Å². The lowest BCUT2D eigenvalue weighted by molar-refractivity contribution is 0.0183. The highest BCUT2D eigenvalue weighted by Crippen LogP contribution is 2.54. The molecule has 0 saturated heterocycles. The van der Waals surface area contributed by atoms with Crippen LogP contribution in [0, 0.1) is 0 Å². The number of anilines is 2. The maximum absolute atomic E-state index is 12.4. The first-order valence-electron chi connectivity index (χ1n) is 13.2. The zero-order valence-electron chi connectivity index (χ0n) is 22.9. The molecular weight excluding hydrogens is 518 g/mol. The molecule has 2 aliphatic rings. The Morgan fingerprint density at radius 1 is 1.23 bits per heavy atom. The number of ether oxygens (including phenoxy) is 2. The number of rotatable bonds is 9. The smallest absolute Gasteiger partial charge is 0.340 e. The van der Waals surface area contributed by atoms with Gasteiger partial charge in [-0.1, -0.05) is 6.92 Å². The Labute approximate surface area is 228 Å². The van der Waals surface area contributed by atoms with Crippen LogP contribution in [0.15, 0.2) is 30.6 Å². The molecule has 10 nitrogen and oxygen atoms in total. The van der Waals surface area contributed by atoms with E-state index in [0.717, 1.165) is 29.5 Å². The summed E-state index contributed by atoms with van der Waals surface area (Å²) < 4.78 is 34.8. The molecule has 3 N–H and O–H groups in total. The van der Waals surface area contributed by atoms with Crippen LogP contribution in [-0.2, 0) is 25.5 Å². The molecule has 3 atom stereocenters. The summed E-state index contributed by atoms with van der Waals surface area (Å²) >= 11 is 0. The number of aromatic nitrogens is 3. The van der Waals surface area contributed by atoms with Gasteiger partial charge in [-0.3, -0.25) is 0 Å². The predicted octanol–water partition coefficient (Wildman–Crippen LogP) is 4.14. The Kier molecular flexibility index (Phi) is 6.79. The van der Waals surface area contributed by atoms with Crippen LogP contribution in [0.1, 0.15) is 75.0 Å². The van der Waals surface area contributed by atoms with Crippen molar-refractivity contribution in [2.75, 3.05) is 17.3 Å². The summed E-state index contributed by atoms with van der Waals surface area (Å²) in [5.41, 5.74) is 7.93.